The lowest BCUT2D eigenvalue weighted by Crippen LogP contribution is -2.39. The topological polar surface area (TPSA) is 63.5 Å². The van der Waals surface area contributed by atoms with Crippen LogP contribution in [0.1, 0.15) is 29.9 Å². The number of nitrogens with one attached hydrogen (secondary N) is 2. The number of amides is 2. The number of aryl methyl sites for hydroxylation is 2. The highest BCUT2D eigenvalue weighted by Crippen LogP contribution is 2.13. The van der Waals surface area contributed by atoms with Crippen molar-refractivity contribution >= 4 is 6.03 Å². The van der Waals surface area contributed by atoms with Gasteiger partial charge in [-0.05, 0) is 32.8 Å². The Balaban J connectivity index is 1.69. The molecule has 1 aromatic rings. The van der Waals surface area contributed by atoms with Gasteiger partial charge in [-0.2, -0.15) is 0 Å². The van der Waals surface area contributed by atoms with E-state index in [1.54, 1.807) is 0 Å². The molecule has 1 atom stereocenters. The minimum atomic E-state index is -0.163. The number of rotatable bonds is 4. The molecule has 1 aliphatic rings. The molecule has 0 aliphatic carbocycles. The van der Waals surface area contributed by atoms with E-state index in [1.807, 2.05) is 19.9 Å². The van der Waals surface area contributed by atoms with E-state index in [-0.39, 0.29) is 12.1 Å². The van der Waals surface area contributed by atoms with Gasteiger partial charge in [0.1, 0.15) is 11.5 Å². The first-order valence-electron chi connectivity index (χ1n) is 6.34. The van der Waals surface area contributed by atoms with Gasteiger partial charge >= 0.3 is 6.03 Å². The molecule has 0 aromatic carbocycles. The highest BCUT2D eigenvalue weighted by molar-refractivity contribution is 5.73. The molecule has 0 unspecified atom stereocenters. The predicted molar refractivity (Wildman–Crippen MR) is 67.4 cm³/mol. The molecule has 2 amide bonds. The number of urea groups is 1. The maximum Gasteiger partial charge on any atom is 0.315 e. The summed E-state index contributed by atoms with van der Waals surface area (Å²) >= 11 is 0. The van der Waals surface area contributed by atoms with E-state index in [1.165, 1.54) is 0 Å². The van der Waals surface area contributed by atoms with Crippen molar-refractivity contribution in [2.75, 3.05) is 13.2 Å². The molecule has 2 rings (SSSR count). The zero-order chi connectivity index (χ0) is 13.0. The van der Waals surface area contributed by atoms with Crippen molar-refractivity contribution in [2.45, 2.75) is 39.3 Å². The van der Waals surface area contributed by atoms with Gasteiger partial charge < -0.3 is 19.8 Å². The van der Waals surface area contributed by atoms with E-state index in [0.717, 1.165) is 36.5 Å². The molecule has 5 nitrogen and oxygen atoms in total. The highest BCUT2D eigenvalue weighted by Gasteiger charge is 2.16. The van der Waals surface area contributed by atoms with E-state index in [2.05, 4.69) is 10.6 Å². The van der Waals surface area contributed by atoms with Crippen molar-refractivity contribution < 1.29 is 13.9 Å². The van der Waals surface area contributed by atoms with Crippen molar-refractivity contribution in [1.29, 1.82) is 0 Å². The van der Waals surface area contributed by atoms with Crippen molar-refractivity contribution in [1.82, 2.24) is 10.6 Å². The largest absolute Gasteiger partial charge is 0.466 e. The average molecular weight is 252 g/mol. The monoisotopic (exact) mass is 252 g/mol. The lowest BCUT2D eigenvalue weighted by molar-refractivity contribution is 0.111. The zero-order valence-electron chi connectivity index (χ0n) is 10.9. The van der Waals surface area contributed by atoms with Crippen molar-refractivity contribution in [3.63, 3.8) is 0 Å². The summed E-state index contributed by atoms with van der Waals surface area (Å²) in [7, 11) is 0. The summed E-state index contributed by atoms with van der Waals surface area (Å²) in [6, 6.07) is 1.78. The Hall–Kier alpha value is -1.49. The smallest absolute Gasteiger partial charge is 0.315 e. The summed E-state index contributed by atoms with van der Waals surface area (Å²) in [6.07, 6.45) is 2.29. The van der Waals surface area contributed by atoms with Gasteiger partial charge in [0.25, 0.3) is 0 Å². The minimum Gasteiger partial charge on any atom is -0.466 e. The van der Waals surface area contributed by atoms with Crippen LogP contribution in [0, 0.1) is 13.8 Å². The Morgan fingerprint density at radius 1 is 1.44 bits per heavy atom. The van der Waals surface area contributed by atoms with Gasteiger partial charge in [0.2, 0.25) is 0 Å². The van der Waals surface area contributed by atoms with E-state index < -0.39 is 0 Å². The molecule has 2 N–H and O–H groups in total. The fraction of sp³-hybridized carbons (Fsp3) is 0.615. The fourth-order valence-electron chi connectivity index (χ4n) is 2.11. The van der Waals surface area contributed by atoms with Crippen LogP contribution in [0.5, 0.6) is 0 Å². The van der Waals surface area contributed by atoms with Crippen LogP contribution in [0.3, 0.4) is 0 Å². The van der Waals surface area contributed by atoms with Crippen LogP contribution in [-0.2, 0) is 11.3 Å². The normalized spacial score (nSPS) is 18.9. The quantitative estimate of drug-likeness (QED) is 0.860. The molecular formula is C13H20N2O3. The molecular weight excluding hydrogens is 232 g/mol. The van der Waals surface area contributed by atoms with E-state index >= 15 is 0 Å². The number of hydrogen-bond donors (Lipinski definition) is 2. The molecule has 2 heterocycles. The molecule has 1 aromatic heterocycles. The lowest BCUT2D eigenvalue weighted by Gasteiger charge is -2.11. The molecule has 0 spiro atoms. The molecule has 0 bridgehead atoms. The summed E-state index contributed by atoms with van der Waals surface area (Å²) in [4.78, 5) is 11.6. The van der Waals surface area contributed by atoms with Crippen LogP contribution in [0.25, 0.3) is 0 Å². The SMILES string of the molecule is Cc1cc(CNC(=O)NC[C@H]2CCCO2)c(C)o1. The third-order valence-electron chi connectivity index (χ3n) is 3.10. The van der Waals surface area contributed by atoms with Crippen molar-refractivity contribution in [3.8, 4) is 0 Å². The first-order valence-corrected chi connectivity index (χ1v) is 6.34. The summed E-state index contributed by atoms with van der Waals surface area (Å²) in [5, 5.41) is 5.63. The predicted octanol–water partition coefficient (Wildman–Crippen LogP) is 1.87. The number of hydrogen-bond acceptors (Lipinski definition) is 3. The van der Waals surface area contributed by atoms with Gasteiger partial charge in [0.05, 0.1) is 6.10 Å². The number of carbonyl (C=O) groups excluding carboxylic acids is 1. The highest BCUT2D eigenvalue weighted by atomic mass is 16.5. The van der Waals surface area contributed by atoms with Crippen molar-refractivity contribution in [2.24, 2.45) is 0 Å². The second kappa shape index (κ2) is 5.91. The van der Waals surface area contributed by atoms with E-state index in [0.29, 0.717) is 13.1 Å². The second-order valence-electron chi connectivity index (χ2n) is 4.64. The number of carbonyl (C=O) groups is 1. The van der Waals surface area contributed by atoms with Crippen LogP contribution in [0.4, 0.5) is 4.79 Å². The summed E-state index contributed by atoms with van der Waals surface area (Å²) < 4.78 is 10.8. The maximum atomic E-state index is 11.6. The summed E-state index contributed by atoms with van der Waals surface area (Å²) in [5.41, 5.74) is 1.01. The van der Waals surface area contributed by atoms with Gasteiger partial charge in [0, 0.05) is 25.3 Å². The van der Waals surface area contributed by atoms with Gasteiger partial charge in [-0.3, -0.25) is 0 Å². The first-order chi connectivity index (χ1) is 8.65. The Kier molecular flexibility index (Phi) is 4.25. The van der Waals surface area contributed by atoms with Crippen LogP contribution in [-0.4, -0.2) is 25.3 Å². The van der Waals surface area contributed by atoms with Gasteiger partial charge in [-0.25, -0.2) is 4.79 Å². The Bertz CT molecular complexity index is 408. The number of ether oxygens (including phenoxy) is 1. The first kappa shape index (κ1) is 13.0. The van der Waals surface area contributed by atoms with Crippen LogP contribution in [0.2, 0.25) is 0 Å². The van der Waals surface area contributed by atoms with Gasteiger partial charge in [-0.15, -0.1) is 0 Å². The molecule has 1 fully saturated rings. The Labute approximate surface area is 107 Å². The molecule has 0 saturated carbocycles. The number of furan rings is 1. The van der Waals surface area contributed by atoms with Gasteiger partial charge in [-0.1, -0.05) is 0 Å². The van der Waals surface area contributed by atoms with Crippen molar-refractivity contribution in [3.05, 3.63) is 23.2 Å². The molecule has 18 heavy (non-hydrogen) atoms. The zero-order valence-corrected chi connectivity index (χ0v) is 10.9. The molecule has 0 radical (unpaired) electrons. The van der Waals surface area contributed by atoms with E-state index in [9.17, 15) is 4.79 Å². The average Bonchev–Trinajstić information content (AvgIpc) is 2.94. The molecule has 1 aliphatic heterocycles. The summed E-state index contributed by atoms with van der Waals surface area (Å²) in [5.74, 6) is 1.72. The van der Waals surface area contributed by atoms with E-state index in [4.69, 9.17) is 9.15 Å². The van der Waals surface area contributed by atoms with Crippen LogP contribution >= 0.6 is 0 Å². The Morgan fingerprint density at radius 2 is 2.28 bits per heavy atom. The lowest BCUT2D eigenvalue weighted by atomic mass is 10.2. The molecule has 5 heteroatoms. The second-order valence-corrected chi connectivity index (χ2v) is 4.64. The molecule has 100 valence electrons. The van der Waals surface area contributed by atoms with Crippen LogP contribution < -0.4 is 10.6 Å². The minimum absolute atomic E-state index is 0.163. The third kappa shape index (κ3) is 3.50. The third-order valence-corrected chi connectivity index (χ3v) is 3.10. The Morgan fingerprint density at radius 3 is 2.89 bits per heavy atom. The standard InChI is InChI=1S/C13H20N2O3/c1-9-6-11(10(2)18-9)7-14-13(16)15-8-12-4-3-5-17-12/h6,12H,3-5,7-8H2,1-2H3,(H2,14,15,16)/t12-/m1/s1. The molecule has 1 saturated heterocycles. The maximum absolute atomic E-state index is 11.6. The van der Waals surface area contributed by atoms with Crippen LogP contribution in [0.15, 0.2) is 10.5 Å². The fourth-order valence-corrected chi connectivity index (χ4v) is 2.11. The van der Waals surface area contributed by atoms with Gasteiger partial charge in [0.15, 0.2) is 0 Å². The summed E-state index contributed by atoms with van der Waals surface area (Å²) in [6.45, 7) is 5.67.